The van der Waals surface area contributed by atoms with Crippen LogP contribution >= 0.6 is 0 Å². The molecule has 0 aliphatic rings. The molecule has 4 nitrogen and oxygen atoms in total. The van der Waals surface area contributed by atoms with Crippen LogP contribution < -0.4 is 0 Å². The number of nitriles is 1. The molecule has 6 aromatic carbocycles. The number of aromatic nitrogens is 2. The third-order valence-electron chi connectivity index (χ3n) is 9.44. The Balaban J connectivity index is 1.62. The number of aryl methyl sites for hydroxylation is 5. The van der Waals surface area contributed by atoms with E-state index in [9.17, 15) is 5.26 Å². The molecule has 224 valence electrons. The Hall–Kier alpha value is -6.10. The van der Waals surface area contributed by atoms with Crippen molar-refractivity contribution in [3.8, 4) is 28.6 Å². The molecule has 0 N–H and O–H groups in total. The standard InChI is InChI=1S/C43H32N4/c1-25-7-12-31(37(17-25)45-6)36-23-43(47-40-20-28(4)10-15-34(40)35-16-11-29(5)21-41(35)47)42(22-30(36)24-44)46-38-18-26(2)8-13-32(38)33-14-9-27(3)19-39(33)46/h7-23H,1-5H3. The van der Waals surface area contributed by atoms with Gasteiger partial charge in [0.25, 0.3) is 0 Å². The first-order chi connectivity index (χ1) is 22.7. The molecule has 0 bridgehead atoms. The second kappa shape index (κ2) is 10.5. The lowest BCUT2D eigenvalue weighted by atomic mass is 9.95. The number of hydrogen-bond donors (Lipinski definition) is 0. The first-order valence-electron chi connectivity index (χ1n) is 15.9. The van der Waals surface area contributed by atoms with Gasteiger partial charge < -0.3 is 9.13 Å². The van der Waals surface area contributed by atoms with E-state index in [-0.39, 0.29) is 0 Å². The summed E-state index contributed by atoms with van der Waals surface area (Å²) in [4.78, 5) is 3.90. The predicted molar refractivity (Wildman–Crippen MR) is 195 cm³/mol. The Morgan fingerprint density at radius 3 is 1.28 bits per heavy atom. The molecule has 0 aliphatic carbocycles. The zero-order valence-corrected chi connectivity index (χ0v) is 27.1. The monoisotopic (exact) mass is 604 g/mol. The van der Waals surface area contributed by atoms with Gasteiger partial charge in [-0.15, -0.1) is 0 Å². The van der Waals surface area contributed by atoms with Crippen LogP contribution in [0.5, 0.6) is 0 Å². The molecule has 2 aromatic heterocycles. The Kier molecular flexibility index (Phi) is 6.33. The van der Waals surface area contributed by atoms with Crippen molar-refractivity contribution in [3.63, 3.8) is 0 Å². The molecular formula is C43H32N4. The summed E-state index contributed by atoms with van der Waals surface area (Å²) in [5.41, 5.74) is 14.5. The highest BCUT2D eigenvalue weighted by molar-refractivity contribution is 6.12. The normalized spacial score (nSPS) is 11.5. The summed E-state index contributed by atoms with van der Waals surface area (Å²) in [5, 5.41) is 15.4. The molecule has 47 heavy (non-hydrogen) atoms. The molecule has 0 atom stereocenters. The minimum Gasteiger partial charge on any atom is -0.307 e. The molecule has 0 spiro atoms. The Morgan fingerprint density at radius 1 is 0.489 bits per heavy atom. The number of benzene rings is 6. The highest BCUT2D eigenvalue weighted by Crippen LogP contribution is 2.43. The molecule has 0 fully saturated rings. The van der Waals surface area contributed by atoms with Gasteiger partial charge >= 0.3 is 0 Å². The third-order valence-corrected chi connectivity index (χ3v) is 9.44. The molecule has 8 aromatic rings. The van der Waals surface area contributed by atoms with Gasteiger partial charge in [0, 0.05) is 21.5 Å². The smallest absolute Gasteiger partial charge is 0.195 e. The minimum absolute atomic E-state index is 0.529. The lowest BCUT2D eigenvalue weighted by Gasteiger charge is -2.20. The third kappa shape index (κ3) is 4.34. The van der Waals surface area contributed by atoms with Crippen LogP contribution in [-0.4, -0.2) is 9.13 Å². The van der Waals surface area contributed by atoms with E-state index >= 15 is 0 Å². The fourth-order valence-corrected chi connectivity index (χ4v) is 7.21. The zero-order chi connectivity index (χ0) is 32.6. The van der Waals surface area contributed by atoms with Crippen LogP contribution in [0.15, 0.2) is 103 Å². The van der Waals surface area contributed by atoms with Crippen molar-refractivity contribution < 1.29 is 0 Å². The van der Waals surface area contributed by atoms with Crippen LogP contribution in [0.25, 0.3) is 71.0 Å². The van der Waals surface area contributed by atoms with Crippen molar-refractivity contribution in [2.45, 2.75) is 34.6 Å². The fourth-order valence-electron chi connectivity index (χ4n) is 7.21. The van der Waals surface area contributed by atoms with Crippen LogP contribution in [0, 0.1) is 52.5 Å². The maximum atomic E-state index is 10.7. The molecule has 0 radical (unpaired) electrons. The van der Waals surface area contributed by atoms with Crippen molar-refractivity contribution >= 4 is 49.3 Å². The van der Waals surface area contributed by atoms with Gasteiger partial charge in [0.15, 0.2) is 5.69 Å². The maximum absolute atomic E-state index is 10.7. The summed E-state index contributed by atoms with van der Waals surface area (Å²) < 4.78 is 4.69. The molecule has 8 rings (SSSR count). The van der Waals surface area contributed by atoms with Gasteiger partial charge in [-0.05, 0) is 104 Å². The summed E-state index contributed by atoms with van der Waals surface area (Å²) in [6, 6.07) is 39.1. The second-order valence-electron chi connectivity index (χ2n) is 12.9. The minimum atomic E-state index is 0.529. The molecule has 0 aliphatic heterocycles. The van der Waals surface area contributed by atoms with Crippen LogP contribution in [0.4, 0.5) is 5.69 Å². The van der Waals surface area contributed by atoms with Crippen LogP contribution in [0.1, 0.15) is 33.4 Å². The summed E-state index contributed by atoms with van der Waals surface area (Å²) in [7, 11) is 0. The highest BCUT2D eigenvalue weighted by Gasteiger charge is 2.23. The van der Waals surface area contributed by atoms with Crippen molar-refractivity contribution in [2.75, 3.05) is 0 Å². The Morgan fingerprint density at radius 2 is 0.872 bits per heavy atom. The largest absolute Gasteiger partial charge is 0.307 e. The summed E-state index contributed by atoms with van der Waals surface area (Å²) >= 11 is 0. The lowest BCUT2D eigenvalue weighted by Crippen LogP contribution is -2.06. The van der Waals surface area contributed by atoms with Gasteiger partial charge in [-0.25, -0.2) is 4.85 Å². The van der Waals surface area contributed by atoms with Crippen molar-refractivity contribution in [1.82, 2.24) is 9.13 Å². The molecule has 0 unspecified atom stereocenters. The van der Waals surface area contributed by atoms with E-state index in [2.05, 4.69) is 127 Å². The number of rotatable bonds is 3. The predicted octanol–water partition coefficient (Wildman–Crippen LogP) is 11.5. The Bertz CT molecular complexity index is 2580. The quantitative estimate of drug-likeness (QED) is 0.185. The maximum Gasteiger partial charge on any atom is 0.195 e. The van der Waals surface area contributed by atoms with Crippen molar-refractivity contribution in [1.29, 1.82) is 5.26 Å². The van der Waals surface area contributed by atoms with E-state index in [1.807, 2.05) is 31.2 Å². The van der Waals surface area contributed by atoms with Gasteiger partial charge in [0.1, 0.15) is 0 Å². The summed E-state index contributed by atoms with van der Waals surface area (Å²) in [6.45, 7) is 18.5. The molecular weight excluding hydrogens is 573 g/mol. The van der Waals surface area contributed by atoms with Crippen LogP contribution in [0.3, 0.4) is 0 Å². The van der Waals surface area contributed by atoms with Gasteiger partial charge in [0.05, 0.1) is 51.6 Å². The molecule has 2 heterocycles. The van der Waals surface area contributed by atoms with E-state index in [0.29, 0.717) is 11.3 Å². The van der Waals surface area contributed by atoms with E-state index in [1.165, 1.54) is 43.8 Å². The average Bonchev–Trinajstić information content (AvgIpc) is 3.54. The zero-order valence-electron chi connectivity index (χ0n) is 27.1. The fraction of sp³-hybridized carbons (Fsp3) is 0.116. The van der Waals surface area contributed by atoms with E-state index in [0.717, 1.165) is 50.1 Å². The number of hydrogen-bond acceptors (Lipinski definition) is 1. The van der Waals surface area contributed by atoms with Gasteiger partial charge in [-0.2, -0.15) is 5.26 Å². The number of fused-ring (bicyclic) bond motifs is 6. The highest BCUT2D eigenvalue weighted by atomic mass is 15.1. The second-order valence-corrected chi connectivity index (χ2v) is 12.9. The van der Waals surface area contributed by atoms with Crippen LogP contribution in [-0.2, 0) is 0 Å². The Labute approximate surface area is 274 Å². The topological polar surface area (TPSA) is 38.0 Å². The molecule has 0 saturated heterocycles. The van der Waals surface area contributed by atoms with Gasteiger partial charge in [0.2, 0.25) is 0 Å². The van der Waals surface area contributed by atoms with Crippen LogP contribution in [0.2, 0.25) is 0 Å². The van der Waals surface area contributed by atoms with E-state index in [1.54, 1.807) is 0 Å². The summed E-state index contributed by atoms with van der Waals surface area (Å²) in [5.74, 6) is 0. The van der Waals surface area contributed by atoms with E-state index in [4.69, 9.17) is 6.57 Å². The SMILES string of the molecule is [C-]#[N+]c1cc(C)ccc1-c1cc(-n2c3cc(C)ccc3c3ccc(C)cc32)c(-n2c3cc(C)ccc3c3ccc(C)cc32)cc1C#N. The lowest BCUT2D eigenvalue weighted by molar-refractivity contribution is 1.09. The number of nitrogens with zero attached hydrogens (tertiary/aromatic N) is 4. The average molecular weight is 605 g/mol. The molecule has 4 heteroatoms. The molecule has 0 saturated carbocycles. The van der Waals surface area contributed by atoms with Gasteiger partial charge in [-0.3, -0.25) is 0 Å². The van der Waals surface area contributed by atoms with Crippen molar-refractivity contribution in [3.05, 3.63) is 148 Å². The molecule has 0 amide bonds. The van der Waals surface area contributed by atoms with Gasteiger partial charge in [-0.1, -0.05) is 72.3 Å². The van der Waals surface area contributed by atoms with Crippen molar-refractivity contribution in [2.24, 2.45) is 0 Å². The first kappa shape index (κ1) is 28.4. The summed E-state index contributed by atoms with van der Waals surface area (Å²) in [6.07, 6.45) is 0. The van der Waals surface area contributed by atoms with E-state index < -0.39 is 0 Å². The first-order valence-corrected chi connectivity index (χ1v) is 15.9.